The van der Waals surface area contributed by atoms with Gasteiger partial charge in [-0.3, -0.25) is 4.79 Å². The summed E-state index contributed by atoms with van der Waals surface area (Å²) in [6, 6.07) is 6.36. The van der Waals surface area contributed by atoms with Crippen LogP contribution >= 0.6 is 11.3 Å². The molecule has 2 heterocycles. The van der Waals surface area contributed by atoms with Crippen LogP contribution in [0.1, 0.15) is 24.0 Å². The summed E-state index contributed by atoms with van der Waals surface area (Å²) in [5.74, 6) is -2.43. The first-order chi connectivity index (χ1) is 14.6. The molecule has 0 bridgehead atoms. The lowest BCUT2D eigenvalue weighted by molar-refractivity contribution is -0.120. The highest BCUT2D eigenvalue weighted by Gasteiger charge is 2.34. The van der Waals surface area contributed by atoms with Crippen molar-refractivity contribution in [2.45, 2.75) is 31.6 Å². The molecule has 1 aliphatic heterocycles. The number of nitrogens with zero attached hydrogens (tertiary/aromatic N) is 2. The number of aromatic nitrogens is 1. The van der Waals surface area contributed by atoms with Crippen molar-refractivity contribution in [1.29, 1.82) is 0 Å². The largest absolute Gasteiger partial charge is 0.302 e. The molecule has 3 aromatic rings. The molecule has 0 atom stereocenters. The number of sulfonamides is 1. The van der Waals surface area contributed by atoms with Crippen molar-refractivity contribution in [3.63, 3.8) is 0 Å². The summed E-state index contributed by atoms with van der Waals surface area (Å²) >= 11 is 1.39. The lowest BCUT2D eigenvalue weighted by Crippen LogP contribution is -2.41. The molecule has 0 saturated carbocycles. The molecule has 31 heavy (non-hydrogen) atoms. The van der Waals surface area contributed by atoms with Crippen molar-refractivity contribution in [2.75, 3.05) is 18.4 Å². The van der Waals surface area contributed by atoms with Crippen molar-refractivity contribution in [1.82, 2.24) is 9.29 Å². The summed E-state index contributed by atoms with van der Waals surface area (Å²) in [7, 11) is -4.17. The lowest BCUT2D eigenvalue weighted by Gasteiger charge is -2.30. The zero-order valence-electron chi connectivity index (χ0n) is 17.0. The highest BCUT2D eigenvalue weighted by atomic mass is 32.2. The molecule has 1 N–H and O–H groups in total. The van der Waals surface area contributed by atoms with Crippen LogP contribution in [0, 0.1) is 31.4 Å². The third-order valence-electron chi connectivity index (χ3n) is 5.57. The average Bonchev–Trinajstić information content (AvgIpc) is 3.10. The van der Waals surface area contributed by atoms with Gasteiger partial charge in [0.25, 0.3) is 0 Å². The predicted octanol–water partition coefficient (Wildman–Crippen LogP) is 4.23. The minimum Gasteiger partial charge on any atom is -0.302 e. The standard InChI is InChI=1S/C21H21F2N3O3S2/c1-12-9-17-18(10-13(12)2)30-21(24-17)25-20(27)14-5-7-26(8-6-14)31(28,29)19-11-15(22)3-4-16(19)23/h3-4,9-11,14H,5-8H2,1-2H3,(H,24,25,27). The van der Waals surface area contributed by atoms with Gasteiger partial charge in [-0.1, -0.05) is 11.3 Å². The van der Waals surface area contributed by atoms with Crippen LogP contribution in [0.3, 0.4) is 0 Å². The minimum absolute atomic E-state index is 0.0502. The Morgan fingerprint density at radius 3 is 2.52 bits per heavy atom. The van der Waals surface area contributed by atoms with Crippen LogP contribution < -0.4 is 5.32 Å². The number of hydrogen-bond donors (Lipinski definition) is 1. The van der Waals surface area contributed by atoms with Gasteiger partial charge >= 0.3 is 0 Å². The smallest absolute Gasteiger partial charge is 0.246 e. The number of halogens is 2. The number of fused-ring (bicyclic) bond motifs is 1. The first-order valence-corrected chi connectivity index (χ1v) is 12.0. The Labute approximate surface area is 183 Å². The fourth-order valence-electron chi connectivity index (χ4n) is 3.61. The van der Waals surface area contributed by atoms with Crippen LogP contribution in [0.15, 0.2) is 35.2 Å². The molecule has 1 amide bonds. The molecule has 4 rings (SSSR count). The van der Waals surface area contributed by atoms with Crippen LogP contribution in [0.2, 0.25) is 0 Å². The number of hydrogen-bond acceptors (Lipinski definition) is 5. The summed E-state index contributed by atoms with van der Waals surface area (Å²) < 4.78 is 54.9. The normalized spacial score (nSPS) is 16.0. The Morgan fingerprint density at radius 2 is 1.81 bits per heavy atom. The quantitative estimate of drug-likeness (QED) is 0.625. The van der Waals surface area contributed by atoms with Gasteiger partial charge in [0.15, 0.2) is 5.13 Å². The van der Waals surface area contributed by atoms with Gasteiger partial charge in [-0.15, -0.1) is 0 Å². The molecule has 10 heteroatoms. The third kappa shape index (κ3) is 4.32. The van der Waals surface area contributed by atoms with Gasteiger partial charge in [0.2, 0.25) is 15.9 Å². The van der Waals surface area contributed by atoms with E-state index >= 15 is 0 Å². The molecule has 0 aliphatic carbocycles. The first kappa shape index (κ1) is 21.8. The molecule has 164 valence electrons. The van der Waals surface area contributed by atoms with Gasteiger partial charge in [0, 0.05) is 19.0 Å². The highest BCUT2D eigenvalue weighted by Crippen LogP contribution is 2.30. The highest BCUT2D eigenvalue weighted by molar-refractivity contribution is 7.89. The molecular formula is C21H21F2N3O3S2. The molecular weight excluding hydrogens is 444 g/mol. The summed E-state index contributed by atoms with van der Waals surface area (Å²) in [6.45, 7) is 4.12. The predicted molar refractivity (Wildman–Crippen MR) is 116 cm³/mol. The maximum Gasteiger partial charge on any atom is 0.246 e. The number of carbonyl (C=O) groups is 1. The van der Waals surface area contributed by atoms with Crippen molar-refractivity contribution in [3.8, 4) is 0 Å². The summed E-state index contributed by atoms with van der Waals surface area (Å²) in [5.41, 5.74) is 3.10. The van der Waals surface area contributed by atoms with E-state index in [1.807, 2.05) is 26.0 Å². The van der Waals surface area contributed by atoms with E-state index in [0.717, 1.165) is 37.8 Å². The van der Waals surface area contributed by atoms with E-state index in [0.29, 0.717) is 11.2 Å². The molecule has 2 aromatic carbocycles. The van der Waals surface area contributed by atoms with Crippen molar-refractivity contribution in [2.24, 2.45) is 5.92 Å². The number of benzene rings is 2. The fourth-order valence-corrected chi connectivity index (χ4v) is 6.11. The number of thiazole rings is 1. The molecule has 6 nitrogen and oxygen atoms in total. The maximum absolute atomic E-state index is 14.0. The van der Waals surface area contributed by atoms with E-state index in [2.05, 4.69) is 10.3 Å². The minimum atomic E-state index is -4.17. The van der Waals surface area contributed by atoms with Crippen molar-refractivity contribution in [3.05, 3.63) is 53.1 Å². The molecule has 0 radical (unpaired) electrons. The van der Waals surface area contributed by atoms with E-state index in [4.69, 9.17) is 0 Å². The SMILES string of the molecule is Cc1cc2nc(NC(=O)C3CCN(S(=O)(=O)c4cc(F)ccc4F)CC3)sc2cc1C. The Hall–Kier alpha value is -2.43. The number of anilines is 1. The topological polar surface area (TPSA) is 79.4 Å². The first-order valence-electron chi connectivity index (χ1n) is 9.79. The third-order valence-corrected chi connectivity index (χ3v) is 8.42. The Morgan fingerprint density at radius 1 is 1.13 bits per heavy atom. The number of piperidine rings is 1. The Kier molecular flexibility index (Phi) is 5.80. The molecule has 1 aliphatic rings. The number of aryl methyl sites for hydroxylation is 2. The number of nitrogens with one attached hydrogen (secondary N) is 1. The van der Waals surface area contributed by atoms with E-state index in [9.17, 15) is 22.0 Å². The van der Waals surface area contributed by atoms with Crippen LogP contribution in [0.4, 0.5) is 13.9 Å². The fraction of sp³-hybridized carbons (Fsp3) is 0.333. The van der Waals surface area contributed by atoms with E-state index in [1.54, 1.807) is 0 Å². The Bertz CT molecular complexity index is 1230. The van der Waals surface area contributed by atoms with Gasteiger partial charge in [0.05, 0.1) is 10.2 Å². The van der Waals surface area contributed by atoms with E-state index in [1.165, 1.54) is 11.3 Å². The van der Waals surface area contributed by atoms with E-state index in [-0.39, 0.29) is 37.8 Å². The van der Waals surface area contributed by atoms with Gasteiger partial charge < -0.3 is 5.32 Å². The van der Waals surface area contributed by atoms with Crippen molar-refractivity contribution < 1.29 is 22.0 Å². The lowest BCUT2D eigenvalue weighted by atomic mass is 9.97. The number of amides is 1. The monoisotopic (exact) mass is 465 g/mol. The Balaban J connectivity index is 1.42. The molecule has 0 spiro atoms. The second kappa shape index (κ2) is 8.25. The van der Waals surface area contributed by atoms with Crippen molar-refractivity contribution >= 4 is 42.6 Å². The van der Waals surface area contributed by atoms with Crippen LogP contribution in [0.25, 0.3) is 10.2 Å². The molecule has 1 aromatic heterocycles. The zero-order valence-corrected chi connectivity index (χ0v) is 18.6. The molecule has 1 saturated heterocycles. The summed E-state index contributed by atoms with van der Waals surface area (Å²) in [4.78, 5) is 16.5. The maximum atomic E-state index is 14.0. The van der Waals surface area contributed by atoms with Crippen LogP contribution in [0.5, 0.6) is 0 Å². The van der Waals surface area contributed by atoms with E-state index < -0.39 is 26.6 Å². The molecule has 0 unspecified atom stereocenters. The van der Waals surface area contributed by atoms with Gasteiger partial charge in [-0.25, -0.2) is 22.2 Å². The van der Waals surface area contributed by atoms with Crippen LogP contribution in [-0.4, -0.2) is 36.7 Å². The second-order valence-electron chi connectivity index (χ2n) is 7.67. The zero-order chi connectivity index (χ0) is 22.3. The average molecular weight is 466 g/mol. The number of carbonyl (C=O) groups excluding carboxylic acids is 1. The summed E-state index contributed by atoms with van der Waals surface area (Å²) in [6.07, 6.45) is 0.566. The number of rotatable bonds is 4. The molecule has 1 fully saturated rings. The van der Waals surface area contributed by atoms with Crippen LogP contribution in [-0.2, 0) is 14.8 Å². The second-order valence-corrected chi connectivity index (χ2v) is 10.6. The van der Waals surface area contributed by atoms with Gasteiger partial charge in [-0.05, 0) is 68.1 Å². The van der Waals surface area contributed by atoms with Gasteiger partial charge in [0.1, 0.15) is 16.5 Å². The summed E-state index contributed by atoms with van der Waals surface area (Å²) in [5, 5.41) is 3.33. The van der Waals surface area contributed by atoms with Gasteiger partial charge in [-0.2, -0.15) is 4.31 Å².